The van der Waals surface area contributed by atoms with Gasteiger partial charge in [-0.05, 0) is 59.5 Å². The summed E-state index contributed by atoms with van der Waals surface area (Å²) in [5.41, 5.74) is 7.71. The molecule has 0 aliphatic carbocycles. The summed E-state index contributed by atoms with van der Waals surface area (Å²) < 4.78 is 7.21. The average molecular weight is 509 g/mol. The molecule has 3 aromatic heterocycles. The SMILES string of the molecule is Cc1cc(-c2cn(SOI)c3ncccc23)cc2c(-c3ccccc3)ccnc12. The fourth-order valence-corrected chi connectivity index (χ4v) is 4.75. The smallest absolute Gasteiger partial charge is 0.152 e. The van der Waals surface area contributed by atoms with Crippen LogP contribution in [0, 0.1) is 6.92 Å². The molecule has 0 aliphatic heterocycles. The number of rotatable bonds is 4. The minimum Gasteiger partial charge on any atom is -0.256 e. The highest BCUT2D eigenvalue weighted by molar-refractivity contribution is 14.1. The van der Waals surface area contributed by atoms with Gasteiger partial charge in [0.05, 0.1) is 5.52 Å². The number of nitrogens with zero attached hydrogens (tertiary/aromatic N) is 3. The molecule has 5 rings (SSSR count). The topological polar surface area (TPSA) is 39.9 Å². The minimum atomic E-state index is 0.886. The maximum atomic E-state index is 5.26. The van der Waals surface area contributed by atoms with Crippen molar-refractivity contribution in [1.29, 1.82) is 0 Å². The van der Waals surface area contributed by atoms with Crippen molar-refractivity contribution < 1.29 is 2.51 Å². The monoisotopic (exact) mass is 509 g/mol. The third-order valence-corrected chi connectivity index (χ3v) is 6.05. The Morgan fingerprint density at radius 3 is 2.55 bits per heavy atom. The van der Waals surface area contributed by atoms with Crippen LogP contribution in [0.25, 0.3) is 44.2 Å². The van der Waals surface area contributed by atoms with E-state index in [2.05, 4.69) is 71.6 Å². The Hall–Kier alpha value is -2.42. The second-order valence-corrected chi connectivity index (χ2v) is 8.54. The fraction of sp³-hybridized carbons (Fsp3) is 0.0435. The Bertz CT molecular complexity index is 1330. The van der Waals surface area contributed by atoms with Gasteiger partial charge in [0.15, 0.2) is 5.65 Å². The summed E-state index contributed by atoms with van der Waals surface area (Å²) in [7, 11) is 0. The van der Waals surface area contributed by atoms with Crippen molar-refractivity contribution in [2.24, 2.45) is 0 Å². The molecule has 2 aromatic carbocycles. The van der Waals surface area contributed by atoms with Gasteiger partial charge < -0.3 is 0 Å². The van der Waals surface area contributed by atoms with Gasteiger partial charge in [-0.1, -0.05) is 30.3 Å². The van der Waals surface area contributed by atoms with Crippen LogP contribution in [0.2, 0.25) is 0 Å². The van der Waals surface area contributed by atoms with Crippen LogP contribution >= 0.6 is 35.2 Å². The van der Waals surface area contributed by atoms with Gasteiger partial charge in [0.2, 0.25) is 0 Å². The molecule has 0 saturated carbocycles. The lowest BCUT2D eigenvalue weighted by Gasteiger charge is -2.11. The average Bonchev–Trinajstić information content (AvgIpc) is 3.13. The lowest BCUT2D eigenvalue weighted by Crippen LogP contribution is -1.89. The predicted molar refractivity (Wildman–Crippen MR) is 129 cm³/mol. The number of pyridine rings is 2. The molecule has 29 heavy (non-hydrogen) atoms. The van der Waals surface area contributed by atoms with Gasteiger partial charge in [-0.3, -0.25) is 8.96 Å². The van der Waals surface area contributed by atoms with E-state index in [1.165, 1.54) is 23.4 Å². The zero-order chi connectivity index (χ0) is 19.8. The molecule has 0 amide bonds. The summed E-state index contributed by atoms with van der Waals surface area (Å²) in [6.07, 6.45) is 5.78. The normalized spacial score (nSPS) is 11.4. The number of aromatic nitrogens is 3. The predicted octanol–water partition coefficient (Wildman–Crippen LogP) is 7.00. The molecule has 4 nitrogen and oxygen atoms in total. The molecule has 0 aliphatic rings. The molecule has 0 radical (unpaired) electrons. The first-order valence-corrected chi connectivity index (χ1v) is 10.7. The van der Waals surface area contributed by atoms with Crippen molar-refractivity contribution in [3.63, 3.8) is 0 Å². The summed E-state index contributed by atoms with van der Waals surface area (Å²) in [6.45, 7) is 2.12. The number of halogens is 1. The van der Waals surface area contributed by atoms with Crippen LogP contribution in [0.1, 0.15) is 5.56 Å². The van der Waals surface area contributed by atoms with E-state index in [0.29, 0.717) is 0 Å². The fourth-order valence-electron chi connectivity index (χ4n) is 3.81. The van der Waals surface area contributed by atoms with Gasteiger partial charge in [-0.2, -0.15) is 0 Å². The van der Waals surface area contributed by atoms with Crippen LogP contribution in [0.4, 0.5) is 0 Å². The first kappa shape index (κ1) is 18.6. The molecule has 0 atom stereocenters. The number of fused-ring (bicyclic) bond motifs is 2. The molecule has 6 heteroatoms. The molecule has 0 N–H and O–H groups in total. The van der Waals surface area contributed by atoms with Gasteiger partial charge >= 0.3 is 0 Å². The number of aryl methyl sites for hydroxylation is 1. The van der Waals surface area contributed by atoms with E-state index in [1.54, 1.807) is 6.20 Å². The molecule has 0 spiro atoms. The highest BCUT2D eigenvalue weighted by Crippen LogP contribution is 2.37. The van der Waals surface area contributed by atoms with Crippen molar-refractivity contribution in [3.8, 4) is 22.3 Å². The van der Waals surface area contributed by atoms with E-state index in [4.69, 9.17) is 2.51 Å². The van der Waals surface area contributed by atoms with Crippen LogP contribution in [0.15, 0.2) is 79.3 Å². The second-order valence-electron chi connectivity index (χ2n) is 6.79. The van der Waals surface area contributed by atoms with Gasteiger partial charge in [-0.25, -0.2) is 7.50 Å². The standard InChI is InChI=1S/C23H16IN3OS/c1-15-12-17(21-14-27(29-28-24)23-19(21)8-5-10-26-23)13-20-18(9-11-25-22(15)20)16-6-3-2-4-7-16/h2-14H,1H3. The minimum absolute atomic E-state index is 0.886. The third kappa shape index (κ3) is 3.31. The molecular weight excluding hydrogens is 493 g/mol. The maximum absolute atomic E-state index is 5.26. The summed E-state index contributed by atoms with van der Waals surface area (Å²) in [5.74, 6) is 0. The molecule has 142 valence electrons. The quantitative estimate of drug-likeness (QED) is 0.193. The first-order chi connectivity index (χ1) is 14.3. The van der Waals surface area contributed by atoms with E-state index in [1.807, 2.05) is 45.3 Å². The van der Waals surface area contributed by atoms with Gasteiger partial charge in [-0.15, -0.1) is 0 Å². The van der Waals surface area contributed by atoms with Crippen molar-refractivity contribution >= 4 is 57.2 Å². The molecule has 0 unspecified atom stereocenters. The number of hydrogen-bond donors (Lipinski definition) is 0. The van der Waals surface area contributed by atoms with Crippen molar-refractivity contribution in [1.82, 2.24) is 13.9 Å². The molecule has 3 heterocycles. The Morgan fingerprint density at radius 1 is 0.862 bits per heavy atom. The van der Waals surface area contributed by atoms with Crippen molar-refractivity contribution in [3.05, 3.63) is 84.8 Å². The van der Waals surface area contributed by atoms with Crippen molar-refractivity contribution in [2.45, 2.75) is 6.92 Å². The third-order valence-electron chi connectivity index (χ3n) is 5.07. The zero-order valence-electron chi connectivity index (χ0n) is 15.5. The lowest BCUT2D eigenvalue weighted by molar-refractivity contribution is 0.830. The van der Waals surface area contributed by atoms with E-state index in [-0.39, 0.29) is 0 Å². The molecule has 0 saturated heterocycles. The van der Waals surface area contributed by atoms with Crippen LogP contribution < -0.4 is 0 Å². The number of hydrogen-bond acceptors (Lipinski definition) is 4. The van der Waals surface area contributed by atoms with Gasteiger partial charge in [0.1, 0.15) is 35.2 Å². The van der Waals surface area contributed by atoms with Crippen LogP contribution in [-0.2, 0) is 2.51 Å². The summed E-state index contributed by atoms with van der Waals surface area (Å²) >= 11 is 3.14. The van der Waals surface area contributed by atoms with E-state index in [0.717, 1.165) is 38.6 Å². The van der Waals surface area contributed by atoms with Gasteiger partial charge in [0, 0.05) is 34.9 Å². The Morgan fingerprint density at radius 2 is 1.72 bits per heavy atom. The molecule has 0 fully saturated rings. The summed E-state index contributed by atoms with van der Waals surface area (Å²) in [5, 5.41) is 2.24. The largest absolute Gasteiger partial charge is 0.256 e. The van der Waals surface area contributed by atoms with E-state index in [9.17, 15) is 0 Å². The zero-order valence-corrected chi connectivity index (χ0v) is 18.5. The van der Waals surface area contributed by atoms with Gasteiger partial charge in [0.25, 0.3) is 0 Å². The molecular formula is C23H16IN3OS. The second kappa shape index (κ2) is 7.78. The van der Waals surface area contributed by atoms with E-state index >= 15 is 0 Å². The molecule has 5 aromatic rings. The summed E-state index contributed by atoms with van der Waals surface area (Å²) in [4.78, 5) is 9.20. The van der Waals surface area contributed by atoms with Crippen LogP contribution in [0.3, 0.4) is 0 Å². The Labute approximate surface area is 187 Å². The lowest BCUT2D eigenvalue weighted by atomic mass is 9.95. The van der Waals surface area contributed by atoms with Crippen molar-refractivity contribution in [2.75, 3.05) is 0 Å². The first-order valence-electron chi connectivity index (χ1n) is 9.13. The van der Waals surface area contributed by atoms with Crippen LogP contribution in [-0.4, -0.2) is 13.9 Å². The van der Waals surface area contributed by atoms with E-state index < -0.39 is 0 Å². The summed E-state index contributed by atoms with van der Waals surface area (Å²) in [6, 6.07) is 21.0. The molecule has 0 bridgehead atoms. The highest BCUT2D eigenvalue weighted by atomic mass is 127. The number of benzene rings is 2. The Kier molecular flexibility index (Phi) is 4.99. The highest BCUT2D eigenvalue weighted by Gasteiger charge is 2.15. The maximum Gasteiger partial charge on any atom is 0.152 e. The Balaban J connectivity index is 1.78. The van der Waals surface area contributed by atoms with Crippen LogP contribution in [0.5, 0.6) is 0 Å².